The van der Waals surface area contributed by atoms with Crippen LogP contribution in [-0.4, -0.2) is 18.3 Å². The van der Waals surface area contributed by atoms with Gasteiger partial charge < -0.3 is 15.1 Å². The quantitative estimate of drug-likeness (QED) is 0.894. The molecule has 0 amide bonds. The number of hydrogen-bond donors (Lipinski definition) is 2. The third kappa shape index (κ3) is 3.31. The normalized spacial score (nSPS) is 14.4. The van der Waals surface area contributed by atoms with Gasteiger partial charge in [-0.1, -0.05) is 19.9 Å². The van der Waals surface area contributed by atoms with Gasteiger partial charge in [-0.2, -0.15) is 0 Å². The first kappa shape index (κ1) is 16.9. The molecule has 2 heterocycles. The number of carbonyl (C=O) groups excluding carboxylic acids is 1. The Balaban J connectivity index is 0.000000924. The lowest BCUT2D eigenvalue weighted by Crippen LogP contribution is -2.23. The molecule has 0 radical (unpaired) electrons. The van der Waals surface area contributed by atoms with Gasteiger partial charge in [0.05, 0.1) is 5.69 Å². The van der Waals surface area contributed by atoms with Crippen LogP contribution in [-0.2, 0) is 16.6 Å². The van der Waals surface area contributed by atoms with E-state index < -0.39 is 11.6 Å². The molecule has 2 aromatic rings. The molecule has 1 aromatic heterocycles. The van der Waals surface area contributed by atoms with E-state index in [0.717, 1.165) is 24.0 Å². The summed E-state index contributed by atoms with van der Waals surface area (Å²) in [4.78, 5) is 23.1. The molecule has 23 heavy (non-hydrogen) atoms. The summed E-state index contributed by atoms with van der Waals surface area (Å²) in [5, 5.41) is 3.24. The van der Waals surface area contributed by atoms with Crippen molar-refractivity contribution in [2.24, 2.45) is 0 Å². The average molecular weight is 320 g/mol. The van der Waals surface area contributed by atoms with Crippen LogP contribution in [0.1, 0.15) is 30.7 Å². The highest BCUT2D eigenvalue weighted by molar-refractivity contribution is 5.58. The summed E-state index contributed by atoms with van der Waals surface area (Å²) in [7, 11) is 0. The lowest BCUT2D eigenvalue weighted by Gasteiger charge is -2.16. The Labute approximate surface area is 132 Å². The Kier molecular flexibility index (Phi) is 4.63. The number of carbonyl (C=O) groups is 1. The summed E-state index contributed by atoms with van der Waals surface area (Å²) in [6, 6.07) is 5.15. The maximum absolute atomic E-state index is 13.7. The van der Waals surface area contributed by atoms with Crippen LogP contribution in [0.4, 0.5) is 14.5 Å². The van der Waals surface area contributed by atoms with Crippen molar-refractivity contribution in [2.45, 2.75) is 25.7 Å². The zero-order valence-corrected chi connectivity index (χ0v) is 13.0. The standard InChI is InChI=1S/C16H16F2N2O.CH2O/c1-16(2)8-19-13-6-10(15(21)20-14(13)16)5-9-3-4-11(17)7-12(9)18;1-2/h3-4,6-7,19H,5,8H2,1-2H3,(H,20,21);1H2. The molecule has 1 aliphatic rings. The number of aromatic nitrogens is 1. The van der Waals surface area contributed by atoms with Crippen molar-refractivity contribution >= 4 is 12.5 Å². The molecule has 0 atom stereocenters. The van der Waals surface area contributed by atoms with Gasteiger partial charge in [-0.25, -0.2) is 8.78 Å². The first-order valence-electron chi connectivity index (χ1n) is 7.10. The molecular weight excluding hydrogens is 302 g/mol. The highest BCUT2D eigenvalue weighted by Gasteiger charge is 2.31. The minimum absolute atomic E-state index is 0.131. The molecule has 2 N–H and O–H groups in total. The van der Waals surface area contributed by atoms with E-state index in [1.165, 1.54) is 12.1 Å². The molecule has 0 spiro atoms. The summed E-state index contributed by atoms with van der Waals surface area (Å²) in [6.45, 7) is 6.83. The van der Waals surface area contributed by atoms with E-state index in [2.05, 4.69) is 10.3 Å². The number of H-pyrrole nitrogens is 1. The van der Waals surface area contributed by atoms with Gasteiger partial charge in [0.1, 0.15) is 18.4 Å². The topological polar surface area (TPSA) is 62.0 Å². The molecule has 6 heteroatoms. The predicted octanol–water partition coefficient (Wildman–Crippen LogP) is 2.76. The lowest BCUT2D eigenvalue weighted by atomic mass is 9.91. The maximum atomic E-state index is 13.7. The Morgan fingerprint density at radius 2 is 1.87 bits per heavy atom. The molecule has 0 fully saturated rings. The summed E-state index contributed by atoms with van der Waals surface area (Å²) in [5.74, 6) is -1.26. The number of benzene rings is 1. The third-order valence-electron chi connectivity index (χ3n) is 3.91. The van der Waals surface area contributed by atoms with Gasteiger partial charge in [0.25, 0.3) is 5.56 Å². The smallest absolute Gasteiger partial charge is 0.251 e. The van der Waals surface area contributed by atoms with E-state index in [1.54, 1.807) is 6.07 Å². The molecular formula is C17H18F2N2O2. The van der Waals surface area contributed by atoms with Crippen molar-refractivity contribution in [3.8, 4) is 0 Å². The largest absolute Gasteiger partial charge is 0.383 e. The number of anilines is 1. The average Bonchev–Trinajstić information content (AvgIpc) is 2.79. The highest BCUT2D eigenvalue weighted by atomic mass is 19.1. The summed E-state index contributed by atoms with van der Waals surface area (Å²) in [5.41, 5.74) is 2.15. The molecule has 1 aromatic carbocycles. The van der Waals surface area contributed by atoms with E-state index in [-0.39, 0.29) is 17.4 Å². The first-order valence-corrected chi connectivity index (χ1v) is 7.10. The van der Waals surface area contributed by atoms with Gasteiger partial charge in [-0.3, -0.25) is 4.79 Å². The zero-order chi connectivity index (χ0) is 17.2. The van der Waals surface area contributed by atoms with Crippen LogP contribution in [0.5, 0.6) is 0 Å². The van der Waals surface area contributed by atoms with Crippen molar-refractivity contribution in [1.29, 1.82) is 0 Å². The third-order valence-corrected chi connectivity index (χ3v) is 3.91. The fourth-order valence-corrected chi connectivity index (χ4v) is 2.65. The lowest BCUT2D eigenvalue weighted by molar-refractivity contribution is -0.0979. The van der Waals surface area contributed by atoms with E-state index >= 15 is 0 Å². The van der Waals surface area contributed by atoms with Crippen LogP contribution in [0.25, 0.3) is 0 Å². The van der Waals surface area contributed by atoms with Gasteiger partial charge in [0.2, 0.25) is 0 Å². The van der Waals surface area contributed by atoms with E-state index in [4.69, 9.17) is 4.79 Å². The van der Waals surface area contributed by atoms with Crippen molar-refractivity contribution < 1.29 is 13.6 Å². The highest BCUT2D eigenvalue weighted by Crippen LogP contribution is 2.34. The molecule has 122 valence electrons. The van der Waals surface area contributed by atoms with Crippen molar-refractivity contribution in [2.75, 3.05) is 11.9 Å². The molecule has 0 bridgehead atoms. The molecule has 0 saturated heterocycles. The Morgan fingerprint density at radius 3 is 2.52 bits per heavy atom. The zero-order valence-electron chi connectivity index (χ0n) is 13.0. The molecule has 4 nitrogen and oxygen atoms in total. The van der Waals surface area contributed by atoms with Gasteiger partial charge >= 0.3 is 0 Å². The van der Waals surface area contributed by atoms with Crippen LogP contribution in [0.15, 0.2) is 29.1 Å². The van der Waals surface area contributed by atoms with Crippen LogP contribution >= 0.6 is 0 Å². The number of fused-ring (bicyclic) bond motifs is 1. The molecule has 3 rings (SSSR count). The van der Waals surface area contributed by atoms with Gasteiger partial charge in [-0.05, 0) is 17.7 Å². The summed E-state index contributed by atoms with van der Waals surface area (Å²) in [6.07, 6.45) is 0.136. The fourth-order valence-electron chi connectivity index (χ4n) is 2.65. The fraction of sp³-hybridized carbons (Fsp3) is 0.294. The molecule has 0 saturated carbocycles. The van der Waals surface area contributed by atoms with E-state index in [9.17, 15) is 13.6 Å². The SMILES string of the molecule is C=O.CC1(C)CNc2cc(Cc3ccc(F)cc3F)c(=O)[nH]c21. The number of aromatic amines is 1. The van der Waals surface area contributed by atoms with Crippen LogP contribution < -0.4 is 10.9 Å². The van der Waals surface area contributed by atoms with Crippen molar-refractivity contribution in [3.63, 3.8) is 0 Å². The van der Waals surface area contributed by atoms with E-state index in [1.807, 2.05) is 20.6 Å². The number of nitrogens with one attached hydrogen (secondary N) is 2. The van der Waals surface area contributed by atoms with Crippen molar-refractivity contribution in [1.82, 2.24) is 4.98 Å². The predicted molar refractivity (Wildman–Crippen MR) is 84.9 cm³/mol. The Bertz CT molecular complexity index is 785. The van der Waals surface area contributed by atoms with Crippen LogP contribution in [0, 0.1) is 11.6 Å². The van der Waals surface area contributed by atoms with E-state index in [0.29, 0.717) is 11.1 Å². The van der Waals surface area contributed by atoms with Gasteiger partial charge in [0.15, 0.2) is 0 Å². The van der Waals surface area contributed by atoms with Gasteiger partial charge in [0, 0.05) is 35.7 Å². The van der Waals surface area contributed by atoms with Crippen LogP contribution in [0.3, 0.4) is 0 Å². The minimum atomic E-state index is -0.636. The number of halogens is 2. The Hall–Kier alpha value is -2.50. The monoisotopic (exact) mass is 320 g/mol. The van der Waals surface area contributed by atoms with Gasteiger partial charge in [-0.15, -0.1) is 0 Å². The molecule has 1 aliphatic heterocycles. The molecule has 0 aliphatic carbocycles. The molecule has 0 unspecified atom stereocenters. The summed E-state index contributed by atoms with van der Waals surface area (Å²) >= 11 is 0. The summed E-state index contributed by atoms with van der Waals surface area (Å²) < 4.78 is 26.6. The second kappa shape index (κ2) is 6.32. The second-order valence-corrected chi connectivity index (χ2v) is 6.06. The Morgan fingerprint density at radius 1 is 1.17 bits per heavy atom. The number of pyridine rings is 1. The van der Waals surface area contributed by atoms with Crippen LogP contribution in [0.2, 0.25) is 0 Å². The van der Waals surface area contributed by atoms with Crippen molar-refractivity contribution in [3.05, 3.63) is 63.1 Å². The number of rotatable bonds is 2. The number of hydrogen-bond acceptors (Lipinski definition) is 3. The minimum Gasteiger partial charge on any atom is -0.383 e. The first-order chi connectivity index (χ1) is 10.9. The second-order valence-electron chi connectivity index (χ2n) is 6.06. The maximum Gasteiger partial charge on any atom is 0.251 e.